The van der Waals surface area contributed by atoms with Gasteiger partial charge in [0.05, 0.1) is 19.3 Å². The maximum Gasteiger partial charge on any atom is 0.244 e. The number of nitrogens with one attached hydrogen (secondary N) is 1. The fourth-order valence-corrected chi connectivity index (χ4v) is 2.94. The van der Waals surface area contributed by atoms with E-state index in [9.17, 15) is 8.42 Å². The summed E-state index contributed by atoms with van der Waals surface area (Å²) in [5.41, 5.74) is 6.82. The van der Waals surface area contributed by atoms with Gasteiger partial charge in [0, 0.05) is 12.7 Å². The van der Waals surface area contributed by atoms with E-state index in [-0.39, 0.29) is 23.7 Å². The number of aromatic nitrogens is 2. The first-order valence-electron chi connectivity index (χ1n) is 6.18. The first-order chi connectivity index (χ1) is 10.1. The van der Waals surface area contributed by atoms with Crippen molar-refractivity contribution in [2.24, 2.45) is 5.73 Å². The lowest BCUT2D eigenvalue weighted by Gasteiger charge is -2.11. The quantitative estimate of drug-likeness (QED) is 0.801. The van der Waals surface area contributed by atoms with Crippen LogP contribution in [0, 0.1) is 0 Å². The van der Waals surface area contributed by atoms with Crippen LogP contribution in [0.25, 0.3) is 0 Å². The Morgan fingerprint density at radius 1 is 1.33 bits per heavy atom. The van der Waals surface area contributed by atoms with E-state index >= 15 is 0 Å². The second-order valence-electron chi connectivity index (χ2n) is 4.21. The predicted octanol–water partition coefficient (Wildman–Crippen LogP) is 0.422. The summed E-state index contributed by atoms with van der Waals surface area (Å²) in [6.45, 7) is 0.319. The Labute approximate surface area is 123 Å². The van der Waals surface area contributed by atoms with Crippen LogP contribution >= 0.6 is 0 Å². The third kappa shape index (κ3) is 3.75. The van der Waals surface area contributed by atoms with Crippen molar-refractivity contribution in [2.75, 3.05) is 7.11 Å². The van der Waals surface area contributed by atoms with Crippen LogP contribution in [0.1, 0.15) is 11.3 Å². The molecule has 1 aromatic carbocycles. The van der Waals surface area contributed by atoms with Gasteiger partial charge in [-0.05, 0) is 23.8 Å². The van der Waals surface area contributed by atoms with E-state index in [1.165, 1.54) is 19.5 Å². The first kappa shape index (κ1) is 15.4. The number of nitrogens with zero attached hydrogens (tertiary/aromatic N) is 2. The number of benzene rings is 1. The molecule has 0 aliphatic carbocycles. The number of rotatable bonds is 6. The summed E-state index contributed by atoms with van der Waals surface area (Å²) in [4.78, 5) is 7.80. The SMILES string of the molecule is COc1ccc(CN)cc1S(=O)(=O)NCc1ccncn1. The fourth-order valence-electron chi connectivity index (χ4n) is 1.73. The number of nitrogens with two attached hydrogens (primary N) is 1. The molecule has 0 bridgehead atoms. The van der Waals surface area contributed by atoms with Crippen LogP contribution in [0.4, 0.5) is 0 Å². The fraction of sp³-hybridized carbons (Fsp3) is 0.231. The second-order valence-corrected chi connectivity index (χ2v) is 5.95. The van der Waals surface area contributed by atoms with Gasteiger partial charge in [-0.15, -0.1) is 0 Å². The Bertz CT molecular complexity index is 705. The van der Waals surface area contributed by atoms with Gasteiger partial charge < -0.3 is 10.5 Å². The summed E-state index contributed by atoms with van der Waals surface area (Å²) in [5, 5.41) is 0. The van der Waals surface area contributed by atoms with Crippen molar-refractivity contribution >= 4 is 10.0 Å². The van der Waals surface area contributed by atoms with Gasteiger partial charge in [-0.1, -0.05) is 6.07 Å². The van der Waals surface area contributed by atoms with Gasteiger partial charge in [-0.3, -0.25) is 0 Å². The maximum absolute atomic E-state index is 12.4. The summed E-state index contributed by atoms with van der Waals surface area (Å²) in [7, 11) is -2.31. The van der Waals surface area contributed by atoms with Gasteiger partial charge >= 0.3 is 0 Å². The van der Waals surface area contributed by atoms with Crippen LogP contribution in [0.2, 0.25) is 0 Å². The smallest absolute Gasteiger partial charge is 0.244 e. The molecule has 1 aromatic heterocycles. The van der Waals surface area contributed by atoms with Crippen molar-refractivity contribution in [3.05, 3.63) is 48.0 Å². The van der Waals surface area contributed by atoms with E-state index in [1.54, 1.807) is 24.4 Å². The molecule has 1 heterocycles. The highest BCUT2D eigenvalue weighted by molar-refractivity contribution is 7.89. The molecule has 0 fully saturated rings. The summed E-state index contributed by atoms with van der Waals surface area (Å²) >= 11 is 0. The average Bonchev–Trinajstić information content (AvgIpc) is 2.53. The third-order valence-electron chi connectivity index (χ3n) is 2.84. The molecule has 0 saturated heterocycles. The predicted molar refractivity (Wildman–Crippen MR) is 76.9 cm³/mol. The summed E-state index contributed by atoms with van der Waals surface area (Å²) in [6.07, 6.45) is 2.91. The minimum atomic E-state index is -3.72. The lowest BCUT2D eigenvalue weighted by atomic mass is 10.2. The third-order valence-corrected chi connectivity index (χ3v) is 4.26. The molecule has 112 valence electrons. The molecular formula is C13H16N4O3S. The Balaban J connectivity index is 2.26. The Morgan fingerprint density at radius 2 is 2.14 bits per heavy atom. The molecule has 3 N–H and O–H groups in total. The topological polar surface area (TPSA) is 107 Å². The van der Waals surface area contributed by atoms with Crippen LogP contribution in [0.3, 0.4) is 0 Å². The molecule has 2 aromatic rings. The molecule has 0 aliphatic rings. The molecule has 2 rings (SSSR count). The highest BCUT2D eigenvalue weighted by Crippen LogP contribution is 2.24. The van der Waals surface area contributed by atoms with Crippen molar-refractivity contribution in [2.45, 2.75) is 18.0 Å². The molecule has 0 saturated carbocycles. The Hall–Kier alpha value is -2.03. The number of hydrogen-bond donors (Lipinski definition) is 2. The van der Waals surface area contributed by atoms with E-state index < -0.39 is 10.0 Å². The van der Waals surface area contributed by atoms with Crippen LogP contribution in [-0.4, -0.2) is 25.5 Å². The molecule has 8 heteroatoms. The molecule has 0 radical (unpaired) electrons. The monoisotopic (exact) mass is 308 g/mol. The average molecular weight is 308 g/mol. The van der Waals surface area contributed by atoms with Crippen LogP contribution in [-0.2, 0) is 23.1 Å². The lowest BCUT2D eigenvalue weighted by Crippen LogP contribution is -2.24. The normalized spacial score (nSPS) is 11.3. The van der Waals surface area contributed by atoms with Crippen LogP contribution in [0.15, 0.2) is 41.7 Å². The lowest BCUT2D eigenvalue weighted by molar-refractivity contribution is 0.402. The van der Waals surface area contributed by atoms with Gasteiger partial charge in [-0.25, -0.2) is 23.1 Å². The van der Waals surface area contributed by atoms with Gasteiger partial charge in [0.1, 0.15) is 17.0 Å². The summed E-state index contributed by atoms with van der Waals surface area (Å²) < 4.78 is 32.3. The van der Waals surface area contributed by atoms with Gasteiger partial charge in [-0.2, -0.15) is 0 Å². The molecule has 0 spiro atoms. The Kier molecular flexibility index (Phi) is 4.84. The second kappa shape index (κ2) is 6.61. The van der Waals surface area contributed by atoms with Crippen molar-refractivity contribution in [3.8, 4) is 5.75 Å². The van der Waals surface area contributed by atoms with Crippen molar-refractivity contribution in [1.82, 2.24) is 14.7 Å². The van der Waals surface area contributed by atoms with Gasteiger partial charge in [0.2, 0.25) is 10.0 Å². The zero-order chi connectivity index (χ0) is 15.3. The standard InChI is InChI=1S/C13H16N4O3S/c1-20-12-3-2-10(7-14)6-13(12)21(18,19)17-8-11-4-5-15-9-16-11/h2-6,9,17H,7-8,14H2,1H3. The Morgan fingerprint density at radius 3 is 2.76 bits per heavy atom. The summed E-state index contributed by atoms with van der Waals surface area (Å²) in [5.74, 6) is 0.266. The number of methoxy groups -OCH3 is 1. The molecule has 0 atom stereocenters. The largest absolute Gasteiger partial charge is 0.495 e. The molecule has 0 aliphatic heterocycles. The van der Waals surface area contributed by atoms with Crippen molar-refractivity contribution in [3.63, 3.8) is 0 Å². The molecule has 7 nitrogen and oxygen atoms in total. The van der Waals surface area contributed by atoms with E-state index in [0.29, 0.717) is 11.3 Å². The van der Waals surface area contributed by atoms with Crippen molar-refractivity contribution < 1.29 is 13.2 Å². The zero-order valence-electron chi connectivity index (χ0n) is 11.5. The number of sulfonamides is 1. The van der Waals surface area contributed by atoms with Gasteiger partial charge in [0.25, 0.3) is 0 Å². The molecule has 0 unspecified atom stereocenters. The van der Waals surface area contributed by atoms with Crippen molar-refractivity contribution in [1.29, 1.82) is 0 Å². The highest BCUT2D eigenvalue weighted by Gasteiger charge is 2.19. The van der Waals surface area contributed by atoms with E-state index in [0.717, 1.165) is 0 Å². The molecular weight excluding hydrogens is 292 g/mol. The highest BCUT2D eigenvalue weighted by atomic mass is 32.2. The minimum absolute atomic E-state index is 0.0574. The number of hydrogen-bond acceptors (Lipinski definition) is 6. The van der Waals surface area contributed by atoms with Crippen LogP contribution < -0.4 is 15.2 Å². The summed E-state index contributed by atoms with van der Waals surface area (Å²) in [6, 6.07) is 6.45. The van der Waals surface area contributed by atoms with Gasteiger partial charge in [0.15, 0.2) is 0 Å². The van der Waals surface area contributed by atoms with Crippen LogP contribution in [0.5, 0.6) is 5.75 Å². The molecule has 0 amide bonds. The first-order valence-corrected chi connectivity index (χ1v) is 7.66. The van der Waals surface area contributed by atoms with E-state index in [1.807, 2.05) is 0 Å². The minimum Gasteiger partial charge on any atom is -0.495 e. The van der Waals surface area contributed by atoms with E-state index in [2.05, 4.69) is 14.7 Å². The molecule has 21 heavy (non-hydrogen) atoms. The van der Waals surface area contributed by atoms with E-state index in [4.69, 9.17) is 10.5 Å². The zero-order valence-corrected chi connectivity index (χ0v) is 12.3. The number of ether oxygens (including phenoxy) is 1. The maximum atomic E-state index is 12.4.